The van der Waals surface area contributed by atoms with Crippen molar-refractivity contribution < 1.29 is 22.8 Å². The monoisotopic (exact) mass is 385 g/mol. The molecule has 3 rings (SSSR count). The number of nitrogens with zero attached hydrogens (tertiary/aromatic N) is 4. The van der Waals surface area contributed by atoms with Gasteiger partial charge in [0.2, 0.25) is 0 Å². The summed E-state index contributed by atoms with van der Waals surface area (Å²) in [5, 5.41) is 5.26. The summed E-state index contributed by atoms with van der Waals surface area (Å²) in [6, 6.07) is 4.88. The number of benzene rings is 1. The Hall–Kier alpha value is -2.17. The molecule has 10 heteroatoms. The Kier molecular flexibility index (Phi) is 5.41. The van der Waals surface area contributed by atoms with Crippen molar-refractivity contribution in [3.05, 3.63) is 35.4 Å². The van der Waals surface area contributed by atoms with Crippen LogP contribution in [0.4, 0.5) is 18.0 Å². The first-order chi connectivity index (χ1) is 12.7. The highest BCUT2D eigenvalue weighted by atomic mass is 19.4. The summed E-state index contributed by atoms with van der Waals surface area (Å²) in [5.74, 6) is -0.369. The van der Waals surface area contributed by atoms with E-state index in [2.05, 4.69) is 10.2 Å². The molecule has 0 aromatic heterocycles. The first kappa shape index (κ1) is 19.6. The van der Waals surface area contributed by atoms with E-state index in [0.717, 1.165) is 6.07 Å². The molecule has 7 nitrogen and oxygen atoms in total. The highest BCUT2D eigenvalue weighted by Gasteiger charge is 2.40. The number of alkyl halides is 3. The van der Waals surface area contributed by atoms with Crippen LogP contribution >= 0.6 is 0 Å². The van der Waals surface area contributed by atoms with Crippen LogP contribution in [0.25, 0.3) is 0 Å². The molecule has 3 amide bonds. The second-order valence-electron chi connectivity index (χ2n) is 6.78. The number of urea groups is 1. The highest BCUT2D eigenvalue weighted by molar-refractivity contribution is 5.98. The van der Waals surface area contributed by atoms with Gasteiger partial charge in [0.1, 0.15) is 0 Å². The molecule has 2 saturated heterocycles. The van der Waals surface area contributed by atoms with Crippen molar-refractivity contribution in [1.82, 2.24) is 25.1 Å². The largest absolute Gasteiger partial charge is 0.416 e. The summed E-state index contributed by atoms with van der Waals surface area (Å²) >= 11 is 0. The third-order valence-corrected chi connectivity index (χ3v) is 5.00. The van der Waals surface area contributed by atoms with Crippen molar-refractivity contribution in [2.75, 3.05) is 40.3 Å². The maximum Gasteiger partial charge on any atom is 0.416 e. The van der Waals surface area contributed by atoms with Crippen molar-refractivity contribution >= 4 is 11.9 Å². The number of halogens is 3. The number of hydrazine groups is 1. The van der Waals surface area contributed by atoms with E-state index in [9.17, 15) is 22.8 Å². The van der Waals surface area contributed by atoms with Crippen molar-refractivity contribution in [3.8, 4) is 0 Å². The third-order valence-electron chi connectivity index (χ3n) is 5.00. The molecule has 2 aliphatic heterocycles. The summed E-state index contributed by atoms with van der Waals surface area (Å²) in [5.41, 5.74) is -0.0389. The summed E-state index contributed by atoms with van der Waals surface area (Å²) in [7, 11) is 3.26. The lowest BCUT2D eigenvalue weighted by molar-refractivity contribution is -0.149. The minimum atomic E-state index is -4.35. The molecular weight excluding hydrogens is 363 g/mol. The van der Waals surface area contributed by atoms with Crippen LogP contribution in [0, 0.1) is 0 Å². The number of piperazine rings is 1. The second-order valence-corrected chi connectivity index (χ2v) is 6.78. The van der Waals surface area contributed by atoms with Gasteiger partial charge in [-0.15, -0.1) is 0 Å². The number of hydrogen-bond acceptors (Lipinski definition) is 5. The normalized spacial score (nSPS) is 23.6. The van der Waals surface area contributed by atoms with E-state index in [1.54, 1.807) is 25.2 Å². The minimum Gasteiger partial charge on any atom is -0.297 e. The number of imide groups is 1. The number of likely N-dealkylation sites (N-methyl/N-ethyl adjacent to an activating group) is 1. The first-order valence-electron chi connectivity index (χ1n) is 8.60. The Morgan fingerprint density at radius 1 is 1.11 bits per heavy atom. The smallest absolute Gasteiger partial charge is 0.297 e. The Morgan fingerprint density at radius 2 is 1.78 bits per heavy atom. The molecule has 0 saturated carbocycles. The molecule has 0 aliphatic carbocycles. The summed E-state index contributed by atoms with van der Waals surface area (Å²) in [4.78, 5) is 27.9. The fraction of sp³-hybridized carbons (Fsp3) is 0.529. The van der Waals surface area contributed by atoms with Gasteiger partial charge in [-0.25, -0.2) is 4.79 Å². The molecule has 2 aliphatic rings. The van der Waals surface area contributed by atoms with Crippen LogP contribution in [0.1, 0.15) is 11.1 Å². The lowest BCUT2D eigenvalue weighted by Crippen LogP contribution is -2.69. The lowest BCUT2D eigenvalue weighted by atomic mass is 10.1. The van der Waals surface area contributed by atoms with Gasteiger partial charge < -0.3 is 0 Å². The lowest BCUT2D eigenvalue weighted by Gasteiger charge is -2.46. The predicted octanol–water partition coefficient (Wildman–Crippen LogP) is 1.18. The topological polar surface area (TPSA) is 59.1 Å². The van der Waals surface area contributed by atoms with Crippen LogP contribution in [0.2, 0.25) is 0 Å². The molecule has 1 aromatic carbocycles. The van der Waals surface area contributed by atoms with E-state index in [1.165, 1.54) is 17.1 Å². The third kappa shape index (κ3) is 4.23. The number of hydrogen-bond donors (Lipinski definition) is 1. The van der Waals surface area contributed by atoms with Gasteiger partial charge in [-0.2, -0.15) is 18.2 Å². The molecular formula is C17H22F3N5O2. The molecule has 0 radical (unpaired) electrons. The van der Waals surface area contributed by atoms with Crippen molar-refractivity contribution in [3.63, 3.8) is 0 Å². The molecule has 0 bridgehead atoms. The second kappa shape index (κ2) is 7.45. The molecule has 2 heterocycles. The van der Waals surface area contributed by atoms with Gasteiger partial charge in [-0.1, -0.05) is 18.2 Å². The SMILES string of the molecule is CN1C(=O)NC(=O)C(N2CCN(Cc3cccc(C(F)(F)F)c3)CC2)N1C. The van der Waals surface area contributed by atoms with Gasteiger partial charge in [0.05, 0.1) is 5.56 Å². The molecule has 0 spiro atoms. The Bertz CT molecular complexity index is 719. The van der Waals surface area contributed by atoms with Crippen molar-refractivity contribution in [1.29, 1.82) is 0 Å². The first-order valence-corrected chi connectivity index (χ1v) is 8.60. The minimum absolute atomic E-state index is 0.369. The van der Waals surface area contributed by atoms with Crippen LogP contribution in [0.15, 0.2) is 24.3 Å². The van der Waals surface area contributed by atoms with Crippen LogP contribution in [0.3, 0.4) is 0 Å². The van der Waals surface area contributed by atoms with Gasteiger partial charge in [-0.3, -0.25) is 24.9 Å². The Morgan fingerprint density at radius 3 is 2.41 bits per heavy atom. The molecule has 1 N–H and O–H groups in total. The molecule has 1 atom stereocenters. The van der Waals surface area contributed by atoms with Crippen LogP contribution in [-0.4, -0.2) is 78.2 Å². The van der Waals surface area contributed by atoms with Crippen LogP contribution in [0.5, 0.6) is 0 Å². The summed E-state index contributed by atoms with van der Waals surface area (Å²) in [6.07, 6.45) is -4.93. The van der Waals surface area contributed by atoms with E-state index in [0.29, 0.717) is 38.3 Å². The molecule has 1 aromatic rings. The zero-order valence-electron chi connectivity index (χ0n) is 15.2. The molecule has 27 heavy (non-hydrogen) atoms. The van der Waals surface area contributed by atoms with Crippen molar-refractivity contribution in [2.45, 2.75) is 18.9 Å². The van der Waals surface area contributed by atoms with E-state index in [4.69, 9.17) is 0 Å². The molecule has 2 fully saturated rings. The fourth-order valence-corrected chi connectivity index (χ4v) is 3.40. The Balaban J connectivity index is 1.59. The standard InChI is InChI=1S/C17H22F3N5O2/c1-22-15(14(26)21-16(27)23(22)2)25-8-6-24(7-9-25)11-12-4-3-5-13(10-12)17(18,19)20/h3-5,10,15H,6-9,11H2,1-2H3,(H,21,26,27). The fourth-order valence-electron chi connectivity index (χ4n) is 3.40. The average Bonchev–Trinajstić information content (AvgIpc) is 2.61. The number of rotatable bonds is 3. The number of amides is 3. The van der Waals surface area contributed by atoms with Gasteiger partial charge >= 0.3 is 12.2 Å². The molecule has 148 valence electrons. The summed E-state index contributed by atoms with van der Waals surface area (Å²) in [6.45, 7) is 2.80. The predicted molar refractivity (Wildman–Crippen MR) is 91.1 cm³/mol. The molecule has 1 unspecified atom stereocenters. The number of carbonyl (C=O) groups is 2. The zero-order chi connectivity index (χ0) is 19.8. The zero-order valence-corrected chi connectivity index (χ0v) is 15.2. The van der Waals surface area contributed by atoms with E-state index < -0.39 is 23.9 Å². The highest BCUT2D eigenvalue weighted by Crippen LogP contribution is 2.29. The van der Waals surface area contributed by atoms with Gasteiger partial charge in [-0.05, 0) is 11.6 Å². The summed E-state index contributed by atoms with van der Waals surface area (Å²) < 4.78 is 38.5. The number of nitrogens with one attached hydrogen (secondary N) is 1. The van der Waals surface area contributed by atoms with E-state index in [1.807, 2.05) is 4.90 Å². The van der Waals surface area contributed by atoms with Crippen LogP contribution < -0.4 is 5.32 Å². The van der Waals surface area contributed by atoms with Gasteiger partial charge in [0.15, 0.2) is 6.17 Å². The Labute approximate surface area is 155 Å². The maximum absolute atomic E-state index is 12.8. The van der Waals surface area contributed by atoms with E-state index in [-0.39, 0.29) is 5.91 Å². The number of carbonyl (C=O) groups excluding carboxylic acids is 2. The maximum atomic E-state index is 12.8. The van der Waals surface area contributed by atoms with Crippen molar-refractivity contribution in [2.24, 2.45) is 0 Å². The van der Waals surface area contributed by atoms with E-state index >= 15 is 0 Å². The van der Waals surface area contributed by atoms with Crippen LogP contribution in [-0.2, 0) is 17.5 Å². The average molecular weight is 385 g/mol. The quantitative estimate of drug-likeness (QED) is 0.847. The van der Waals surface area contributed by atoms with Gasteiger partial charge in [0, 0.05) is 46.8 Å². The van der Waals surface area contributed by atoms with Gasteiger partial charge in [0.25, 0.3) is 5.91 Å².